The largest absolute Gasteiger partial charge is 0.596 e. The summed E-state index contributed by atoms with van der Waals surface area (Å²) in [6, 6.07) is 9.67. The molecule has 0 unspecified atom stereocenters. The summed E-state index contributed by atoms with van der Waals surface area (Å²) >= 11 is 0. The van der Waals surface area contributed by atoms with E-state index >= 15 is 0 Å². The van der Waals surface area contributed by atoms with Crippen LogP contribution in [0.5, 0.6) is 0 Å². The van der Waals surface area contributed by atoms with Crippen LogP contribution in [0, 0.1) is 19.1 Å². The van der Waals surface area contributed by atoms with Crippen LogP contribution in [0.15, 0.2) is 36.5 Å². The Balaban J connectivity index is 2.54. The number of aromatic nitrogens is 2. The van der Waals surface area contributed by atoms with Crippen LogP contribution >= 0.6 is 0 Å². The standard InChI is InChI=1S/C11H12N2O/c1-9-3-5-11(6-4-9)13-10(2)7-8-12(13)14/h3-8H,1-2H3. The fourth-order valence-corrected chi connectivity index (χ4v) is 1.47. The van der Waals surface area contributed by atoms with Gasteiger partial charge in [0.25, 0.3) is 0 Å². The minimum Gasteiger partial charge on any atom is -0.596 e. The Morgan fingerprint density at radius 3 is 2.21 bits per heavy atom. The van der Waals surface area contributed by atoms with E-state index in [0.717, 1.165) is 16.2 Å². The van der Waals surface area contributed by atoms with Crippen molar-refractivity contribution in [2.75, 3.05) is 0 Å². The molecule has 0 radical (unpaired) electrons. The summed E-state index contributed by atoms with van der Waals surface area (Å²) in [5, 5.41) is 11.4. The molecule has 3 nitrogen and oxygen atoms in total. The second-order valence-corrected chi connectivity index (χ2v) is 3.41. The first kappa shape index (κ1) is 8.81. The Labute approximate surface area is 82.8 Å². The summed E-state index contributed by atoms with van der Waals surface area (Å²) in [7, 11) is 0. The molecule has 0 bridgehead atoms. The molecular formula is C11H12N2O. The first-order valence-corrected chi connectivity index (χ1v) is 4.53. The topological polar surface area (TPSA) is 31.9 Å². The first-order chi connectivity index (χ1) is 6.68. The first-order valence-electron chi connectivity index (χ1n) is 4.53. The number of hydrogen-bond donors (Lipinski definition) is 0. The van der Waals surface area contributed by atoms with Crippen molar-refractivity contribution < 1.29 is 4.85 Å². The van der Waals surface area contributed by atoms with Gasteiger partial charge >= 0.3 is 0 Å². The van der Waals surface area contributed by atoms with Crippen molar-refractivity contribution in [2.24, 2.45) is 0 Å². The molecule has 2 aromatic rings. The molecule has 0 N–H and O–H groups in total. The minimum absolute atomic E-state index is 0.833. The SMILES string of the molecule is Cc1ccc(-n2c(C)cc[n+]2[O-])cc1. The van der Waals surface area contributed by atoms with Crippen LogP contribution in [-0.2, 0) is 0 Å². The van der Waals surface area contributed by atoms with Gasteiger partial charge in [-0.2, -0.15) is 0 Å². The van der Waals surface area contributed by atoms with E-state index in [9.17, 15) is 5.21 Å². The number of nitrogens with zero attached hydrogens (tertiary/aromatic N) is 2. The molecule has 0 amide bonds. The Morgan fingerprint density at radius 1 is 1.07 bits per heavy atom. The molecule has 0 aliphatic carbocycles. The van der Waals surface area contributed by atoms with E-state index in [0.29, 0.717) is 0 Å². The Kier molecular flexibility index (Phi) is 2.00. The van der Waals surface area contributed by atoms with Gasteiger partial charge in [-0.25, -0.2) is 0 Å². The normalized spacial score (nSPS) is 10.4. The van der Waals surface area contributed by atoms with Gasteiger partial charge in [-0.05, 0) is 26.0 Å². The zero-order valence-corrected chi connectivity index (χ0v) is 8.27. The molecule has 0 atom stereocenters. The molecule has 3 heteroatoms. The van der Waals surface area contributed by atoms with Gasteiger partial charge in [0.2, 0.25) is 6.20 Å². The number of benzene rings is 1. The van der Waals surface area contributed by atoms with Crippen molar-refractivity contribution in [3.63, 3.8) is 0 Å². The fraction of sp³-hybridized carbons (Fsp3) is 0.182. The van der Waals surface area contributed by atoms with Gasteiger partial charge in [-0.3, -0.25) is 0 Å². The molecule has 1 aromatic carbocycles. The molecule has 0 aliphatic rings. The smallest absolute Gasteiger partial charge is 0.209 e. The van der Waals surface area contributed by atoms with Crippen LogP contribution in [0.3, 0.4) is 0 Å². The van der Waals surface area contributed by atoms with Crippen LogP contribution < -0.4 is 4.85 Å². The zero-order chi connectivity index (χ0) is 10.1. The van der Waals surface area contributed by atoms with Crippen LogP contribution in [0.4, 0.5) is 0 Å². The Morgan fingerprint density at radius 2 is 1.71 bits per heavy atom. The maximum atomic E-state index is 11.4. The van der Waals surface area contributed by atoms with E-state index in [4.69, 9.17) is 0 Å². The van der Waals surface area contributed by atoms with E-state index in [2.05, 4.69) is 0 Å². The summed E-state index contributed by atoms with van der Waals surface area (Å²) in [5.74, 6) is 0. The summed E-state index contributed by atoms with van der Waals surface area (Å²) < 4.78 is 1.62. The van der Waals surface area contributed by atoms with Crippen molar-refractivity contribution in [1.29, 1.82) is 0 Å². The van der Waals surface area contributed by atoms with Crippen molar-refractivity contribution in [1.82, 2.24) is 4.68 Å². The highest BCUT2D eigenvalue weighted by Crippen LogP contribution is 2.09. The molecule has 0 saturated carbocycles. The van der Waals surface area contributed by atoms with E-state index in [1.54, 1.807) is 10.7 Å². The quantitative estimate of drug-likeness (QED) is 0.495. The fourth-order valence-electron chi connectivity index (χ4n) is 1.47. The molecular weight excluding hydrogens is 176 g/mol. The van der Waals surface area contributed by atoms with Crippen LogP contribution in [-0.4, -0.2) is 4.68 Å². The van der Waals surface area contributed by atoms with E-state index in [1.807, 2.05) is 38.1 Å². The molecule has 72 valence electrons. The van der Waals surface area contributed by atoms with Gasteiger partial charge in [0, 0.05) is 6.07 Å². The van der Waals surface area contributed by atoms with Crippen molar-refractivity contribution in [3.8, 4) is 5.69 Å². The van der Waals surface area contributed by atoms with Gasteiger partial charge < -0.3 is 5.21 Å². The number of rotatable bonds is 1. The van der Waals surface area contributed by atoms with Crippen molar-refractivity contribution >= 4 is 0 Å². The lowest BCUT2D eigenvalue weighted by molar-refractivity contribution is -0.684. The Bertz CT molecular complexity index is 423. The van der Waals surface area contributed by atoms with E-state index in [-0.39, 0.29) is 0 Å². The minimum atomic E-state index is 0.833. The third-order valence-electron chi connectivity index (χ3n) is 2.25. The van der Waals surface area contributed by atoms with Crippen LogP contribution in [0.25, 0.3) is 5.69 Å². The average Bonchev–Trinajstić information content (AvgIpc) is 2.49. The van der Waals surface area contributed by atoms with Gasteiger partial charge in [0.1, 0.15) is 5.69 Å². The second-order valence-electron chi connectivity index (χ2n) is 3.41. The van der Waals surface area contributed by atoms with Gasteiger partial charge in [0.05, 0.1) is 5.69 Å². The van der Waals surface area contributed by atoms with Crippen LogP contribution in [0.2, 0.25) is 0 Å². The molecule has 14 heavy (non-hydrogen) atoms. The third-order valence-corrected chi connectivity index (χ3v) is 2.25. The summed E-state index contributed by atoms with van der Waals surface area (Å²) in [5.41, 5.74) is 3.02. The lowest BCUT2D eigenvalue weighted by atomic mass is 10.2. The predicted molar refractivity (Wildman–Crippen MR) is 54.2 cm³/mol. The lowest BCUT2D eigenvalue weighted by Gasteiger charge is -2.05. The summed E-state index contributed by atoms with van der Waals surface area (Å²) in [6.07, 6.45) is 1.51. The number of aryl methyl sites for hydroxylation is 2. The zero-order valence-electron chi connectivity index (χ0n) is 8.27. The van der Waals surface area contributed by atoms with E-state index in [1.165, 1.54) is 11.8 Å². The van der Waals surface area contributed by atoms with Crippen molar-refractivity contribution in [3.05, 3.63) is 53.0 Å². The third kappa shape index (κ3) is 1.37. The average molecular weight is 188 g/mol. The summed E-state index contributed by atoms with van der Waals surface area (Å²) in [6.45, 7) is 3.94. The highest BCUT2D eigenvalue weighted by atomic mass is 16.5. The van der Waals surface area contributed by atoms with E-state index < -0.39 is 0 Å². The predicted octanol–water partition coefficient (Wildman–Crippen LogP) is 1.73. The highest BCUT2D eigenvalue weighted by Gasteiger charge is 2.07. The second kappa shape index (κ2) is 3.18. The monoisotopic (exact) mass is 188 g/mol. The van der Waals surface area contributed by atoms with Crippen molar-refractivity contribution in [2.45, 2.75) is 13.8 Å². The molecule has 0 spiro atoms. The molecule has 0 saturated heterocycles. The molecule has 1 heterocycles. The van der Waals surface area contributed by atoms with Gasteiger partial charge in [0.15, 0.2) is 0 Å². The van der Waals surface area contributed by atoms with Gasteiger partial charge in [-0.1, -0.05) is 22.5 Å². The molecule has 0 aliphatic heterocycles. The molecule has 0 fully saturated rings. The van der Waals surface area contributed by atoms with Crippen LogP contribution in [0.1, 0.15) is 11.3 Å². The lowest BCUT2D eigenvalue weighted by Crippen LogP contribution is -2.35. The maximum Gasteiger partial charge on any atom is 0.209 e. The highest BCUT2D eigenvalue weighted by molar-refractivity contribution is 5.33. The maximum absolute atomic E-state index is 11.4. The number of hydrogen-bond acceptors (Lipinski definition) is 1. The molecule has 1 aromatic heterocycles. The Hall–Kier alpha value is -1.77. The molecule has 2 rings (SSSR count). The van der Waals surface area contributed by atoms with Gasteiger partial charge in [-0.15, -0.1) is 4.68 Å². The summed E-state index contributed by atoms with van der Waals surface area (Å²) in [4.78, 5) is 0.833.